The first-order valence-corrected chi connectivity index (χ1v) is 5.94. The maximum Gasteiger partial charge on any atom is 0.115 e. The average molecular weight is 220 g/mol. The van der Waals surface area contributed by atoms with Crippen LogP contribution in [-0.4, -0.2) is 36.2 Å². The molecule has 3 heteroatoms. The van der Waals surface area contributed by atoms with Crippen molar-refractivity contribution in [1.29, 1.82) is 0 Å². The highest BCUT2D eigenvalue weighted by molar-refractivity contribution is 5.26. The zero-order valence-electron chi connectivity index (χ0n) is 9.82. The second-order valence-corrected chi connectivity index (χ2v) is 4.64. The van der Waals surface area contributed by atoms with Crippen LogP contribution in [0.4, 0.5) is 0 Å². The standard InChI is InChI=1S/C13H20N2O/c1-15(8-7-14-12-5-6-12)10-11-3-2-4-13(16)9-11/h2-4,9,12,14,16H,5-8,10H2,1H3. The Labute approximate surface area is 97.1 Å². The number of likely N-dealkylation sites (N-methyl/N-ethyl adjacent to an activating group) is 1. The minimum atomic E-state index is 0.349. The summed E-state index contributed by atoms with van der Waals surface area (Å²) in [5.41, 5.74) is 1.16. The Hall–Kier alpha value is -1.06. The molecule has 0 saturated heterocycles. The van der Waals surface area contributed by atoms with Crippen LogP contribution in [0.25, 0.3) is 0 Å². The first kappa shape index (κ1) is 11.4. The number of aromatic hydroxyl groups is 1. The predicted molar refractivity (Wildman–Crippen MR) is 65.5 cm³/mol. The van der Waals surface area contributed by atoms with Crippen molar-refractivity contribution in [3.8, 4) is 5.75 Å². The molecule has 1 aliphatic carbocycles. The second-order valence-electron chi connectivity index (χ2n) is 4.64. The third-order valence-corrected chi connectivity index (χ3v) is 2.87. The molecule has 0 unspecified atom stereocenters. The van der Waals surface area contributed by atoms with Crippen LogP contribution >= 0.6 is 0 Å². The van der Waals surface area contributed by atoms with Crippen LogP contribution in [0.5, 0.6) is 5.75 Å². The minimum Gasteiger partial charge on any atom is -0.508 e. The van der Waals surface area contributed by atoms with E-state index in [0.717, 1.165) is 31.2 Å². The van der Waals surface area contributed by atoms with Crippen LogP contribution in [0.3, 0.4) is 0 Å². The molecule has 0 amide bonds. The Kier molecular flexibility index (Phi) is 3.80. The molecule has 0 heterocycles. The fourth-order valence-electron chi connectivity index (χ4n) is 1.79. The summed E-state index contributed by atoms with van der Waals surface area (Å²) in [6.07, 6.45) is 2.69. The summed E-state index contributed by atoms with van der Waals surface area (Å²) in [6.45, 7) is 2.99. The number of rotatable bonds is 6. The normalized spacial score (nSPS) is 15.6. The van der Waals surface area contributed by atoms with Gasteiger partial charge in [0.2, 0.25) is 0 Å². The molecule has 1 saturated carbocycles. The average Bonchev–Trinajstić information content (AvgIpc) is 3.01. The van der Waals surface area contributed by atoms with E-state index in [1.54, 1.807) is 6.07 Å². The molecule has 3 nitrogen and oxygen atoms in total. The van der Waals surface area contributed by atoms with Crippen molar-refractivity contribution in [1.82, 2.24) is 10.2 Å². The predicted octanol–water partition coefficient (Wildman–Crippen LogP) is 1.58. The van der Waals surface area contributed by atoms with E-state index in [1.807, 2.05) is 18.2 Å². The zero-order valence-corrected chi connectivity index (χ0v) is 9.82. The van der Waals surface area contributed by atoms with Gasteiger partial charge in [-0.05, 0) is 37.6 Å². The highest BCUT2D eigenvalue weighted by Crippen LogP contribution is 2.18. The lowest BCUT2D eigenvalue weighted by molar-refractivity contribution is 0.323. The fraction of sp³-hybridized carbons (Fsp3) is 0.538. The quantitative estimate of drug-likeness (QED) is 0.764. The van der Waals surface area contributed by atoms with Gasteiger partial charge < -0.3 is 15.3 Å². The van der Waals surface area contributed by atoms with Crippen molar-refractivity contribution in [2.75, 3.05) is 20.1 Å². The molecule has 16 heavy (non-hydrogen) atoms. The van der Waals surface area contributed by atoms with E-state index >= 15 is 0 Å². The topological polar surface area (TPSA) is 35.5 Å². The molecule has 1 aromatic carbocycles. The van der Waals surface area contributed by atoms with E-state index < -0.39 is 0 Å². The van der Waals surface area contributed by atoms with Gasteiger partial charge in [0.1, 0.15) is 5.75 Å². The summed E-state index contributed by atoms with van der Waals surface area (Å²) in [5.74, 6) is 0.349. The fourth-order valence-corrected chi connectivity index (χ4v) is 1.79. The van der Waals surface area contributed by atoms with Crippen molar-refractivity contribution in [3.63, 3.8) is 0 Å². The van der Waals surface area contributed by atoms with E-state index in [-0.39, 0.29) is 0 Å². The Bertz CT molecular complexity index is 336. The smallest absolute Gasteiger partial charge is 0.115 e. The summed E-state index contributed by atoms with van der Waals surface area (Å²) in [5, 5.41) is 12.8. The lowest BCUT2D eigenvalue weighted by Gasteiger charge is -2.17. The van der Waals surface area contributed by atoms with Crippen LogP contribution < -0.4 is 5.32 Å². The van der Waals surface area contributed by atoms with E-state index in [1.165, 1.54) is 12.8 Å². The molecule has 2 N–H and O–H groups in total. The maximum atomic E-state index is 9.35. The molecular weight excluding hydrogens is 200 g/mol. The number of phenolic OH excluding ortho intramolecular Hbond substituents is 1. The highest BCUT2D eigenvalue weighted by atomic mass is 16.3. The molecular formula is C13H20N2O. The summed E-state index contributed by atoms with van der Waals surface area (Å²) in [4.78, 5) is 2.27. The third-order valence-electron chi connectivity index (χ3n) is 2.87. The molecule has 1 aromatic rings. The van der Waals surface area contributed by atoms with Gasteiger partial charge in [-0.25, -0.2) is 0 Å². The molecule has 88 valence electrons. The molecule has 1 fully saturated rings. The first-order valence-electron chi connectivity index (χ1n) is 5.94. The van der Waals surface area contributed by atoms with E-state index in [2.05, 4.69) is 17.3 Å². The largest absolute Gasteiger partial charge is 0.508 e. The van der Waals surface area contributed by atoms with Crippen molar-refractivity contribution in [2.45, 2.75) is 25.4 Å². The number of phenols is 1. The Morgan fingerprint density at radius 2 is 2.25 bits per heavy atom. The van der Waals surface area contributed by atoms with Crippen LogP contribution in [0.15, 0.2) is 24.3 Å². The van der Waals surface area contributed by atoms with Gasteiger partial charge in [-0.1, -0.05) is 12.1 Å². The van der Waals surface area contributed by atoms with Gasteiger partial charge in [-0.2, -0.15) is 0 Å². The molecule has 0 aliphatic heterocycles. The van der Waals surface area contributed by atoms with Crippen molar-refractivity contribution in [3.05, 3.63) is 29.8 Å². The Morgan fingerprint density at radius 3 is 2.94 bits per heavy atom. The first-order chi connectivity index (χ1) is 7.74. The van der Waals surface area contributed by atoms with Crippen molar-refractivity contribution >= 4 is 0 Å². The number of nitrogens with one attached hydrogen (secondary N) is 1. The van der Waals surface area contributed by atoms with Crippen LogP contribution in [0.2, 0.25) is 0 Å². The minimum absolute atomic E-state index is 0.349. The second kappa shape index (κ2) is 5.32. The lowest BCUT2D eigenvalue weighted by Crippen LogP contribution is -2.29. The van der Waals surface area contributed by atoms with E-state index in [4.69, 9.17) is 0 Å². The van der Waals surface area contributed by atoms with Gasteiger partial charge in [0.05, 0.1) is 0 Å². The zero-order chi connectivity index (χ0) is 11.4. The van der Waals surface area contributed by atoms with Gasteiger partial charge in [0.15, 0.2) is 0 Å². The van der Waals surface area contributed by atoms with Crippen LogP contribution in [-0.2, 0) is 6.54 Å². The number of benzene rings is 1. The molecule has 0 atom stereocenters. The third kappa shape index (κ3) is 3.83. The number of hydrogen-bond acceptors (Lipinski definition) is 3. The summed E-state index contributed by atoms with van der Waals surface area (Å²) in [7, 11) is 2.11. The van der Waals surface area contributed by atoms with E-state index in [9.17, 15) is 5.11 Å². The Morgan fingerprint density at radius 1 is 1.44 bits per heavy atom. The lowest BCUT2D eigenvalue weighted by atomic mass is 10.2. The monoisotopic (exact) mass is 220 g/mol. The molecule has 0 spiro atoms. The molecule has 0 bridgehead atoms. The summed E-state index contributed by atoms with van der Waals surface area (Å²) in [6, 6.07) is 8.25. The van der Waals surface area contributed by atoms with Crippen LogP contribution in [0.1, 0.15) is 18.4 Å². The van der Waals surface area contributed by atoms with Gasteiger partial charge in [-0.3, -0.25) is 0 Å². The summed E-state index contributed by atoms with van der Waals surface area (Å²) < 4.78 is 0. The number of nitrogens with zero attached hydrogens (tertiary/aromatic N) is 1. The summed E-state index contributed by atoms with van der Waals surface area (Å²) >= 11 is 0. The maximum absolute atomic E-state index is 9.35. The molecule has 0 radical (unpaired) electrons. The van der Waals surface area contributed by atoms with Crippen LogP contribution in [0, 0.1) is 0 Å². The number of hydrogen-bond donors (Lipinski definition) is 2. The van der Waals surface area contributed by atoms with Gasteiger partial charge in [0, 0.05) is 25.7 Å². The van der Waals surface area contributed by atoms with Crippen molar-refractivity contribution < 1.29 is 5.11 Å². The highest BCUT2D eigenvalue weighted by Gasteiger charge is 2.19. The van der Waals surface area contributed by atoms with Gasteiger partial charge >= 0.3 is 0 Å². The van der Waals surface area contributed by atoms with Crippen molar-refractivity contribution in [2.24, 2.45) is 0 Å². The molecule has 1 aliphatic rings. The SMILES string of the molecule is CN(CCNC1CC1)Cc1cccc(O)c1. The molecule has 0 aromatic heterocycles. The molecule has 2 rings (SSSR count). The van der Waals surface area contributed by atoms with E-state index in [0.29, 0.717) is 5.75 Å². The Balaban J connectivity index is 1.70. The van der Waals surface area contributed by atoms with Gasteiger partial charge in [-0.15, -0.1) is 0 Å². The van der Waals surface area contributed by atoms with Gasteiger partial charge in [0.25, 0.3) is 0 Å².